The summed E-state index contributed by atoms with van der Waals surface area (Å²) in [7, 11) is -1.49. The average Bonchev–Trinajstić information content (AvgIpc) is 2.67. The lowest BCUT2D eigenvalue weighted by Gasteiger charge is -2.38. The number of carbonyl (C=O) groups excluding carboxylic acids is 1. The van der Waals surface area contributed by atoms with Gasteiger partial charge in [0, 0.05) is 37.3 Å². The van der Waals surface area contributed by atoms with Crippen LogP contribution in [-0.2, 0) is 33.3 Å². The second kappa shape index (κ2) is 8.82. The zero-order valence-corrected chi connectivity index (χ0v) is 16.7. The van der Waals surface area contributed by atoms with Gasteiger partial charge in [0.1, 0.15) is 5.75 Å². The number of phenolic OH excluding ortho intramolecular Hbond substituents is 1. The summed E-state index contributed by atoms with van der Waals surface area (Å²) >= 11 is 0. The first-order valence-electron chi connectivity index (χ1n) is 9.64. The zero-order valence-electron chi connectivity index (χ0n) is 15.8. The molecule has 0 saturated heterocycles. The first kappa shape index (κ1) is 19.8. The summed E-state index contributed by atoms with van der Waals surface area (Å²) in [6.45, 7) is 2.30. The number of nitrogens with zero attached hydrogens (tertiary/aromatic N) is 2. The number of aryl methyl sites for hydroxylation is 1. The minimum Gasteiger partial charge on any atom is -0.505 e. The van der Waals surface area contributed by atoms with Gasteiger partial charge in [0.25, 0.3) is 0 Å². The van der Waals surface area contributed by atoms with Crippen molar-refractivity contribution in [1.82, 2.24) is 0 Å². The van der Waals surface area contributed by atoms with Crippen LogP contribution < -0.4 is 9.21 Å². The summed E-state index contributed by atoms with van der Waals surface area (Å²) in [4.78, 5) is 13.5. The Morgan fingerprint density at radius 2 is 1.96 bits per heavy atom. The van der Waals surface area contributed by atoms with Crippen molar-refractivity contribution in [1.29, 1.82) is 0 Å². The highest BCUT2D eigenvalue weighted by molar-refractivity contribution is 7.74. The number of thiol groups is 1. The van der Waals surface area contributed by atoms with Crippen LogP contribution in [0.5, 0.6) is 5.75 Å². The summed E-state index contributed by atoms with van der Waals surface area (Å²) < 4.78 is 29.7. The van der Waals surface area contributed by atoms with Crippen LogP contribution in [0.25, 0.3) is 0 Å². The molecule has 3 rings (SSSR count). The molecule has 2 heterocycles. The molecule has 0 bridgehead atoms. The first-order valence-corrected chi connectivity index (χ1v) is 10.8. The van der Waals surface area contributed by atoms with Crippen molar-refractivity contribution in [2.24, 2.45) is 0 Å². The minimum absolute atomic E-state index is 0.106. The topological polar surface area (TPSA) is 87.2 Å². The van der Waals surface area contributed by atoms with Crippen LogP contribution in [0.1, 0.15) is 49.7 Å². The fraction of sp³-hybridized carbons (Fsp3) is 0.632. The number of esters is 1. The van der Waals surface area contributed by atoms with E-state index in [1.165, 1.54) is 11.4 Å². The smallest absolute Gasteiger partial charge is 0.305 e. The molecule has 0 amide bonds. The third-order valence-corrected chi connectivity index (χ3v) is 6.24. The van der Waals surface area contributed by atoms with Gasteiger partial charge in [-0.15, -0.1) is 0 Å². The highest BCUT2D eigenvalue weighted by atomic mass is 32.2. The highest BCUT2D eigenvalue weighted by Gasteiger charge is 2.29. The van der Waals surface area contributed by atoms with Crippen molar-refractivity contribution in [2.75, 3.05) is 35.9 Å². The van der Waals surface area contributed by atoms with E-state index in [2.05, 4.69) is 9.64 Å². The van der Waals surface area contributed by atoms with Crippen molar-refractivity contribution in [3.05, 3.63) is 17.2 Å². The van der Waals surface area contributed by atoms with Crippen LogP contribution in [-0.4, -0.2) is 46.2 Å². The lowest BCUT2D eigenvalue weighted by atomic mass is 9.90. The van der Waals surface area contributed by atoms with Crippen LogP contribution in [0.3, 0.4) is 0 Å². The number of hydrogen-bond acceptors (Lipinski definition) is 6. The molecular weight excluding hydrogens is 368 g/mol. The molecule has 1 aromatic carbocycles. The molecule has 150 valence electrons. The quantitative estimate of drug-likeness (QED) is 0.398. The predicted molar refractivity (Wildman–Crippen MR) is 105 cm³/mol. The molecule has 8 heteroatoms. The van der Waals surface area contributed by atoms with Gasteiger partial charge in [-0.2, -0.15) is 0 Å². The van der Waals surface area contributed by atoms with Crippen molar-refractivity contribution in [3.8, 4) is 5.75 Å². The molecule has 0 spiro atoms. The van der Waals surface area contributed by atoms with Crippen LogP contribution in [0, 0.1) is 0 Å². The number of methoxy groups -OCH3 is 1. The molecule has 7 nitrogen and oxygen atoms in total. The van der Waals surface area contributed by atoms with E-state index in [1.807, 2.05) is 6.07 Å². The van der Waals surface area contributed by atoms with E-state index >= 15 is 0 Å². The molecule has 2 aliphatic rings. The number of rotatable bonds is 8. The van der Waals surface area contributed by atoms with E-state index in [1.54, 1.807) is 0 Å². The monoisotopic (exact) mass is 396 g/mol. The maximum Gasteiger partial charge on any atom is 0.305 e. The van der Waals surface area contributed by atoms with E-state index in [4.69, 9.17) is 0 Å². The predicted octanol–water partition coefficient (Wildman–Crippen LogP) is 2.16. The number of hydrogen-bond donors (Lipinski definition) is 2. The number of unbranched alkanes of at least 4 members (excludes halogenated alkanes) is 2. The van der Waals surface area contributed by atoms with Gasteiger partial charge in [0.2, 0.25) is 10.9 Å². The van der Waals surface area contributed by atoms with Crippen molar-refractivity contribution < 1.29 is 23.1 Å². The van der Waals surface area contributed by atoms with Crippen LogP contribution in [0.15, 0.2) is 6.07 Å². The Morgan fingerprint density at radius 3 is 2.67 bits per heavy atom. The van der Waals surface area contributed by atoms with E-state index in [9.17, 15) is 18.3 Å². The molecular formula is C19H28N2O5S. The second-order valence-electron chi connectivity index (χ2n) is 7.17. The number of carbonyl (C=O) groups is 1. The second-order valence-corrected chi connectivity index (χ2v) is 8.13. The molecule has 0 atom stereocenters. The fourth-order valence-electron chi connectivity index (χ4n) is 4.12. The van der Waals surface area contributed by atoms with Gasteiger partial charge in [0.15, 0.2) is 0 Å². The third-order valence-electron chi connectivity index (χ3n) is 5.43. The molecule has 0 unspecified atom stereocenters. The minimum atomic E-state index is -2.85. The number of benzene rings is 1. The molecule has 27 heavy (non-hydrogen) atoms. The molecule has 0 saturated carbocycles. The van der Waals surface area contributed by atoms with Gasteiger partial charge in [-0.1, -0.05) is 6.42 Å². The third kappa shape index (κ3) is 4.31. The summed E-state index contributed by atoms with van der Waals surface area (Å²) in [5, 5.41) is 10.8. The standard InChI is InChI=1S/C19H28N2O5S/c1-26-17(22)9-3-2-4-12-21(27(24)25)16-13-14-7-5-10-20-11-6-8-15(18(14)20)19(16)23/h13,23,27H,2-12H2,1H3. The molecule has 0 aromatic heterocycles. The van der Waals surface area contributed by atoms with Crippen LogP contribution in [0.4, 0.5) is 11.4 Å². The Balaban J connectivity index is 1.77. The SMILES string of the molecule is COC(=O)CCCCCN(c1cc2c3c(c1O)CCCN3CCC2)[SH](=O)=O. The number of anilines is 2. The fourth-order valence-corrected chi connectivity index (χ4v) is 4.76. The van der Waals surface area contributed by atoms with E-state index in [-0.39, 0.29) is 11.7 Å². The highest BCUT2D eigenvalue weighted by Crippen LogP contribution is 2.45. The van der Waals surface area contributed by atoms with Crippen molar-refractivity contribution in [2.45, 2.75) is 51.4 Å². The lowest BCUT2D eigenvalue weighted by Crippen LogP contribution is -2.35. The number of ether oxygens (including phenoxy) is 1. The zero-order chi connectivity index (χ0) is 19.4. The summed E-state index contributed by atoms with van der Waals surface area (Å²) in [5.74, 6) is -0.146. The molecule has 2 aliphatic heterocycles. The van der Waals surface area contributed by atoms with Gasteiger partial charge in [-0.3, -0.25) is 9.10 Å². The van der Waals surface area contributed by atoms with E-state index in [0.29, 0.717) is 31.5 Å². The maximum absolute atomic E-state index is 11.9. The Kier molecular flexibility index (Phi) is 6.46. The van der Waals surface area contributed by atoms with Crippen molar-refractivity contribution >= 4 is 28.2 Å². The molecule has 0 radical (unpaired) electrons. The first-order chi connectivity index (χ1) is 13.0. The molecule has 0 aliphatic carbocycles. The molecule has 1 N–H and O–H groups in total. The molecule has 1 aromatic rings. The van der Waals surface area contributed by atoms with E-state index in [0.717, 1.165) is 62.0 Å². The average molecular weight is 397 g/mol. The largest absolute Gasteiger partial charge is 0.505 e. The van der Waals surface area contributed by atoms with Crippen LogP contribution >= 0.6 is 0 Å². The Morgan fingerprint density at radius 1 is 1.22 bits per heavy atom. The lowest BCUT2D eigenvalue weighted by molar-refractivity contribution is -0.140. The van der Waals surface area contributed by atoms with Gasteiger partial charge in [-0.05, 0) is 50.2 Å². The van der Waals surface area contributed by atoms with Crippen LogP contribution in [0.2, 0.25) is 0 Å². The Labute approximate surface area is 162 Å². The Hall–Kier alpha value is -1.96. The normalized spacial score (nSPS) is 15.6. The number of phenols is 1. The summed E-state index contributed by atoms with van der Waals surface area (Å²) in [6, 6.07) is 1.85. The van der Waals surface area contributed by atoms with Gasteiger partial charge in [0.05, 0.1) is 12.8 Å². The summed E-state index contributed by atoms with van der Waals surface area (Å²) in [5.41, 5.74) is 3.54. The van der Waals surface area contributed by atoms with E-state index < -0.39 is 10.9 Å². The Bertz CT molecular complexity index is 768. The van der Waals surface area contributed by atoms with Gasteiger partial charge >= 0.3 is 5.97 Å². The summed E-state index contributed by atoms with van der Waals surface area (Å²) in [6.07, 6.45) is 6.06. The van der Waals surface area contributed by atoms with Crippen molar-refractivity contribution in [3.63, 3.8) is 0 Å². The van der Waals surface area contributed by atoms with Gasteiger partial charge in [-0.25, -0.2) is 8.42 Å². The number of aromatic hydroxyl groups is 1. The maximum atomic E-state index is 11.9. The molecule has 0 fully saturated rings. The van der Waals surface area contributed by atoms with Gasteiger partial charge < -0.3 is 14.7 Å².